The van der Waals surface area contributed by atoms with Crippen molar-refractivity contribution in [3.05, 3.63) is 23.9 Å². The first-order valence-electron chi connectivity index (χ1n) is 3.15. The molecule has 0 saturated heterocycles. The second-order valence-electron chi connectivity index (χ2n) is 2.36. The van der Waals surface area contributed by atoms with E-state index in [2.05, 4.69) is 26.1 Å². The SMILES string of the molecule is CC(C)=C/C=C\N(C)C=S. The molecule has 0 aliphatic carbocycles. The molecule has 0 rings (SSSR count). The van der Waals surface area contributed by atoms with Gasteiger partial charge in [0, 0.05) is 13.2 Å². The quantitative estimate of drug-likeness (QED) is 0.454. The summed E-state index contributed by atoms with van der Waals surface area (Å²) in [7, 11) is 1.91. The topological polar surface area (TPSA) is 3.24 Å². The zero-order valence-corrected chi connectivity index (χ0v) is 7.48. The Bertz CT molecular complexity index is 155. The lowest BCUT2D eigenvalue weighted by atomic mass is 10.3. The second kappa shape index (κ2) is 5.18. The minimum Gasteiger partial charge on any atom is -0.348 e. The minimum absolute atomic E-state index is 1.29. The molecular formula is C8H13NS. The number of hydrogen-bond acceptors (Lipinski definition) is 1. The first kappa shape index (κ1) is 9.37. The van der Waals surface area contributed by atoms with E-state index < -0.39 is 0 Å². The van der Waals surface area contributed by atoms with Crippen LogP contribution in [0.3, 0.4) is 0 Å². The molecule has 56 valence electrons. The van der Waals surface area contributed by atoms with Crippen LogP contribution in [0.1, 0.15) is 13.8 Å². The van der Waals surface area contributed by atoms with Gasteiger partial charge in [0.15, 0.2) is 0 Å². The van der Waals surface area contributed by atoms with E-state index in [-0.39, 0.29) is 0 Å². The lowest BCUT2D eigenvalue weighted by Gasteiger charge is -2.01. The maximum absolute atomic E-state index is 4.68. The molecule has 10 heavy (non-hydrogen) atoms. The van der Waals surface area contributed by atoms with Crippen LogP contribution in [0.4, 0.5) is 0 Å². The van der Waals surface area contributed by atoms with Gasteiger partial charge in [0.05, 0.1) is 5.49 Å². The Labute approximate surface area is 68.0 Å². The summed E-state index contributed by atoms with van der Waals surface area (Å²) in [6.45, 7) is 4.11. The van der Waals surface area contributed by atoms with Crippen LogP contribution in [-0.2, 0) is 0 Å². The van der Waals surface area contributed by atoms with E-state index in [1.807, 2.05) is 30.3 Å². The van der Waals surface area contributed by atoms with E-state index in [1.165, 1.54) is 5.57 Å². The molecule has 1 nitrogen and oxygen atoms in total. The van der Waals surface area contributed by atoms with Gasteiger partial charge in [0.2, 0.25) is 0 Å². The third-order valence-electron chi connectivity index (χ3n) is 0.917. The lowest BCUT2D eigenvalue weighted by Crippen LogP contribution is -2.03. The summed E-state index contributed by atoms with van der Waals surface area (Å²) in [5, 5.41) is 0. The van der Waals surface area contributed by atoms with Crippen LogP contribution in [0.25, 0.3) is 0 Å². The Hall–Kier alpha value is -0.630. The molecule has 0 fully saturated rings. The molecule has 0 unspecified atom stereocenters. The fourth-order valence-corrected chi connectivity index (χ4v) is 0.477. The normalized spacial score (nSPS) is 9.50. The average molecular weight is 155 g/mol. The highest BCUT2D eigenvalue weighted by atomic mass is 32.1. The number of rotatable bonds is 3. The van der Waals surface area contributed by atoms with Crippen molar-refractivity contribution in [3.63, 3.8) is 0 Å². The van der Waals surface area contributed by atoms with Crippen molar-refractivity contribution in [3.8, 4) is 0 Å². The summed E-state index contributed by atoms with van der Waals surface area (Å²) < 4.78 is 0. The molecule has 0 aliphatic heterocycles. The molecular weight excluding hydrogens is 142 g/mol. The van der Waals surface area contributed by atoms with Crippen LogP contribution in [0, 0.1) is 0 Å². The lowest BCUT2D eigenvalue weighted by molar-refractivity contribution is 0.723. The summed E-state index contributed by atoms with van der Waals surface area (Å²) >= 11 is 4.68. The van der Waals surface area contributed by atoms with Gasteiger partial charge in [0.1, 0.15) is 0 Å². The zero-order chi connectivity index (χ0) is 7.98. The van der Waals surface area contributed by atoms with Crippen molar-refractivity contribution in [1.29, 1.82) is 0 Å². The molecule has 0 bridgehead atoms. The molecule has 0 aliphatic rings. The van der Waals surface area contributed by atoms with Crippen molar-refractivity contribution in [2.24, 2.45) is 0 Å². The number of nitrogens with zero attached hydrogens (tertiary/aromatic N) is 1. The van der Waals surface area contributed by atoms with Crippen molar-refractivity contribution in [2.45, 2.75) is 13.8 Å². The Kier molecular flexibility index (Phi) is 4.85. The van der Waals surface area contributed by atoms with Gasteiger partial charge >= 0.3 is 0 Å². The van der Waals surface area contributed by atoms with Crippen LogP contribution in [-0.4, -0.2) is 17.4 Å². The fourth-order valence-electron chi connectivity index (χ4n) is 0.406. The maximum Gasteiger partial charge on any atom is 0.0678 e. The van der Waals surface area contributed by atoms with E-state index in [9.17, 15) is 0 Å². The first-order valence-corrected chi connectivity index (χ1v) is 3.63. The van der Waals surface area contributed by atoms with E-state index in [0.717, 1.165) is 0 Å². The van der Waals surface area contributed by atoms with E-state index in [1.54, 1.807) is 5.49 Å². The monoisotopic (exact) mass is 155 g/mol. The zero-order valence-electron chi connectivity index (χ0n) is 6.66. The molecule has 2 heteroatoms. The highest BCUT2D eigenvalue weighted by molar-refractivity contribution is 7.78. The van der Waals surface area contributed by atoms with Crippen LogP contribution < -0.4 is 0 Å². The smallest absolute Gasteiger partial charge is 0.0678 e. The molecule has 0 N–H and O–H groups in total. The third-order valence-corrected chi connectivity index (χ3v) is 1.25. The van der Waals surface area contributed by atoms with Gasteiger partial charge in [0.25, 0.3) is 0 Å². The van der Waals surface area contributed by atoms with Gasteiger partial charge in [-0.3, -0.25) is 0 Å². The average Bonchev–Trinajstić information content (AvgIpc) is 1.87. The van der Waals surface area contributed by atoms with E-state index >= 15 is 0 Å². The molecule has 0 saturated carbocycles. The molecule has 0 spiro atoms. The molecule has 0 amide bonds. The largest absolute Gasteiger partial charge is 0.348 e. The van der Waals surface area contributed by atoms with Crippen molar-refractivity contribution < 1.29 is 0 Å². The number of thiocarbonyl (C=S) groups is 1. The molecule has 0 aromatic carbocycles. The van der Waals surface area contributed by atoms with Gasteiger partial charge in [-0.25, -0.2) is 0 Å². The second-order valence-corrected chi connectivity index (χ2v) is 2.57. The van der Waals surface area contributed by atoms with Crippen LogP contribution >= 0.6 is 12.2 Å². The summed E-state index contributed by atoms with van der Waals surface area (Å²) in [4.78, 5) is 1.83. The third kappa shape index (κ3) is 5.51. The van der Waals surface area contributed by atoms with Gasteiger partial charge in [-0.2, -0.15) is 0 Å². The summed E-state index contributed by atoms with van der Waals surface area (Å²) in [6.07, 6.45) is 5.92. The minimum atomic E-state index is 1.29. The maximum atomic E-state index is 4.68. The van der Waals surface area contributed by atoms with Gasteiger partial charge < -0.3 is 4.90 Å². The first-order chi connectivity index (χ1) is 4.66. The highest BCUT2D eigenvalue weighted by Gasteiger charge is 1.76. The molecule has 0 aromatic heterocycles. The Morgan fingerprint density at radius 3 is 2.40 bits per heavy atom. The standard InChI is InChI=1S/C8H13NS/c1-8(2)5-4-6-9(3)7-10/h4-7H,1-3H3/b6-4-. The molecule has 0 radical (unpaired) electrons. The van der Waals surface area contributed by atoms with Crippen molar-refractivity contribution >= 4 is 17.7 Å². The highest BCUT2D eigenvalue weighted by Crippen LogP contribution is 1.89. The molecule has 0 atom stereocenters. The molecule has 0 aromatic rings. The molecule has 0 heterocycles. The van der Waals surface area contributed by atoms with Crippen molar-refractivity contribution in [2.75, 3.05) is 7.05 Å². The van der Waals surface area contributed by atoms with Gasteiger partial charge in [-0.1, -0.05) is 23.9 Å². The van der Waals surface area contributed by atoms with Gasteiger partial charge in [-0.15, -0.1) is 0 Å². The number of allylic oxidation sites excluding steroid dienone is 3. The summed E-state index contributed by atoms with van der Waals surface area (Å²) in [5.74, 6) is 0. The summed E-state index contributed by atoms with van der Waals surface area (Å²) in [5.41, 5.74) is 2.88. The van der Waals surface area contributed by atoms with Crippen LogP contribution in [0.5, 0.6) is 0 Å². The summed E-state index contributed by atoms with van der Waals surface area (Å²) in [6, 6.07) is 0. The van der Waals surface area contributed by atoms with Gasteiger partial charge in [-0.05, 0) is 19.9 Å². The van der Waals surface area contributed by atoms with Crippen molar-refractivity contribution in [1.82, 2.24) is 4.90 Å². The Morgan fingerprint density at radius 1 is 1.40 bits per heavy atom. The van der Waals surface area contributed by atoms with Crippen LogP contribution in [0.2, 0.25) is 0 Å². The number of hydrogen-bond donors (Lipinski definition) is 0. The van der Waals surface area contributed by atoms with Crippen LogP contribution in [0.15, 0.2) is 23.9 Å². The van der Waals surface area contributed by atoms with E-state index in [4.69, 9.17) is 0 Å². The predicted octanol–water partition coefficient (Wildman–Crippen LogP) is 2.36. The van der Waals surface area contributed by atoms with E-state index in [0.29, 0.717) is 0 Å². The predicted molar refractivity (Wildman–Crippen MR) is 50.0 cm³/mol. The fraction of sp³-hybridized carbons (Fsp3) is 0.375. The Morgan fingerprint density at radius 2 is 2.00 bits per heavy atom. The Balaban J connectivity index is 3.76.